The molecule has 3 fully saturated rings. The van der Waals surface area contributed by atoms with E-state index >= 15 is 0 Å². The van der Waals surface area contributed by atoms with Crippen LogP contribution in [0.25, 0.3) is 0 Å². The van der Waals surface area contributed by atoms with Gasteiger partial charge < -0.3 is 14.6 Å². The number of ether oxygens (including phenoxy) is 2. The summed E-state index contributed by atoms with van der Waals surface area (Å²) in [6.45, 7) is 6.49. The smallest absolute Gasteiger partial charge is 0.331 e. The predicted molar refractivity (Wildman–Crippen MR) is 130 cm³/mol. The first-order valence-corrected chi connectivity index (χ1v) is 13.6. The van der Waals surface area contributed by atoms with Gasteiger partial charge in [-0.05, 0) is 68.3 Å². The van der Waals surface area contributed by atoms with Crippen LogP contribution < -0.4 is 0 Å². The van der Waals surface area contributed by atoms with Gasteiger partial charge in [-0.25, -0.2) is 4.79 Å². The van der Waals surface area contributed by atoms with Crippen molar-refractivity contribution in [3.63, 3.8) is 0 Å². The number of allylic oxidation sites excluding steroid dienone is 1. The molecule has 34 heavy (non-hydrogen) atoms. The SMILES string of the molecule is CC(=O)OC1CC2(C)C=CCC3(CCCC(C)(C4CCCCC4)C13)C2(O)CCC1=CC(=O)OC1. The molecule has 0 aromatic rings. The molecule has 0 aromatic carbocycles. The van der Waals surface area contributed by atoms with Gasteiger partial charge >= 0.3 is 11.9 Å². The largest absolute Gasteiger partial charge is 0.462 e. The molecule has 2 bridgehead atoms. The molecule has 5 rings (SSSR count). The summed E-state index contributed by atoms with van der Waals surface area (Å²) in [5, 5.41) is 12.9. The highest BCUT2D eigenvalue weighted by Crippen LogP contribution is 2.72. The molecule has 0 amide bonds. The summed E-state index contributed by atoms with van der Waals surface area (Å²) in [5.41, 5.74) is -0.700. The van der Waals surface area contributed by atoms with Gasteiger partial charge in [-0.3, -0.25) is 4.79 Å². The predicted octanol–water partition coefficient (Wildman–Crippen LogP) is 5.66. The lowest BCUT2D eigenvalue weighted by atomic mass is 9.35. The lowest BCUT2D eigenvalue weighted by Gasteiger charge is -2.71. The third-order valence-corrected chi connectivity index (χ3v) is 10.8. The number of rotatable bonds is 5. The fourth-order valence-corrected chi connectivity index (χ4v) is 9.36. The summed E-state index contributed by atoms with van der Waals surface area (Å²) in [6.07, 6.45) is 18.3. The number of hydrogen-bond donors (Lipinski definition) is 1. The van der Waals surface area contributed by atoms with Crippen LogP contribution >= 0.6 is 0 Å². The molecule has 6 unspecified atom stereocenters. The highest BCUT2D eigenvalue weighted by atomic mass is 16.5. The van der Waals surface area contributed by atoms with E-state index in [9.17, 15) is 14.7 Å². The lowest BCUT2D eigenvalue weighted by Crippen LogP contribution is -2.73. The van der Waals surface area contributed by atoms with Gasteiger partial charge in [0.05, 0.1) is 5.60 Å². The van der Waals surface area contributed by atoms with Crippen molar-refractivity contribution in [3.05, 3.63) is 23.8 Å². The Hall–Kier alpha value is -1.62. The van der Waals surface area contributed by atoms with Crippen molar-refractivity contribution in [2.45, 2.75) is 110 Å². The molecule has 5 aliphatic rings. The van der Waals surface area contributed by atoms with E-state index in [1.54, 1.807) is 6.08 Å². The number of cyclic esters (lactones) is 1. The topological polar surface area (TPSA) is 72.8 Å². The highest BCUT2D eigenvalue weighted by molar-refractivity contribution is 5.85. The molecular weight excluding hydrogens is 428 g/mol. The zero-order chi connectivity index (χ0) is 24.2. The van der Waals surface area contributed by atoms with Crippen molar-refractivity contribution < 1.29 is 24.2 Å². The van der Waals surface area contributed by atoms with Crippen molar-refractivity contribution in [1.82, 2.24) is 0 Å². The second-order valence-corrected chi connectivity index (χ2v) is 12.5. The Morgan fingerprint density at radius 2 is 1.94 bits per heavy atom. The summed E-state index contributed by atoms with van der Waals surface area (Å²) in [4.78, 5) is 24.0. The third kappa shape index (κ3) is 3.51. The minimum Gasteiger partial charge on any atom is -0.462 e. The van der Waals surface area contributed by atoms with Crippen LogP contribution in [0.15, 0.2) is 23.8 Å². The average Bonchev–Trinajstić information content (AvgIpc) is 3.20. The van der Waals surface area contributed by atoms with Crippen molar-refractivity contribution in [1.29, 1.82) is 0 Å². The molecule has 1 N–H and O–H groups in total. The van der Waals surface area contributed by atoms with Crippen LogP contribution in [0.3, 0.4) is 0 Å². The highest BCUT2D eigenvalue weighted by Gasteiger charge is 2.72. The van der Waals surface area contributed by atoms with Crippen LogP contribution in [-0.4, -0.2) is 35.4 Å². The molecule has 0 radical (unpaired) electrons. The first kappa shape index (κ1) is 24.1. The first-order valence-electron chi connectivity index (χ1n) is 13.6. The molecule has 0 aromatic heterocycles. The monoisotopic (exact) mass is 470 g/mol. The summed E-state index contributed by atoms with van der Waals surface area (Å²) in [7, 11) is 0. The fraction of sp³-hybridized carbons (Fsp3) is 0.793. The Morgan fingerprint density at radius 3 is 2.62 bits per heavy atom. The van der Waals surface area contributed by atoms with E-state index in [4.69, 9.17) is 9.47 Å². The molecule has 4 aliphatic carbocycles. The van der Waals surface area contributed by atoms with Gasteiger partial charge in [0, 0.05) is 29.7 Å². The van der Waals surface area contributed by atoms with Crippen molar-refractivity contribution in [3.8, 4) is 0 Å². The minimum absolute atomic E-state index is 0.0466. The van der Waals surface area contributed by atoms with Gasteiger partial charge in [0.25, 0.3) is 0 Å². The van der Waals surface area contributed by atoms with Gasteiger partial charge in [-0.1, -0.05) is 51.7 Å². The molecule has 3 saturated carbocycles. The number of carbonyl (C=O) groups excluding carboxylic acids is 2. The van der Waals surface area contributed by atoms with E-state index in [1.165, 1.54) is 39.0 Å². The van der Waals surface area contributed by atoms with E-state index in [0.29, 0.717) is 31.8 Å². The van der Waals surface area contributed by atoms with E-state index in [2.05, 4.69) is 26.0 Å². The van der Waals surface area contributed by atoms with Crippen LogP contribution in [0.2, 0.25) is 0 Å². The third-order valence-electron chi connectivity index (χ3n) is 10.8. The molecule has 1 aliphatic heterocycles. The molecule has 5 heteroatoms. The maximum atomic E-state index is 12.9. The van der Waals surface area contributed by atoms with Gasteiger partial charge in [-0.15, -0.1) is 0 Å². The van der Waals surface area contributed by atoms with E-state index in [0.717, 1.165) is 31.3 Å². The Morgan fingerprint density at radius 1 is 1.18 bits per heavy atom. The Balaban J connectivity index is 1.59. The lowest BCUT2D eigenvalue weighted by molar-refractivity contribution is -0.288. The summed E-state index contributed by atoms with van der Waals surface area (Å²) in [5.74, 6) is 0.272. The van der Waals surface area contributed by atoms with Crippen LogP contribution in [-0.2, 0) is 19.1 Å². The molecule has 188 valence electrons. The van der Waals surface area contributed by atoms with Crippen LogP contribution in [0.5, 0.6) is 0 Å². The maximum absolute atomic E-state index is 12.9. The second-order valence-electron chi connectivity index (χ2n) is 12.5. The number of esters is 2. The molecule has 6 atom stereocenters. The van der Waals surface area contributed by atoms with Crippen molar-refractivity contribution in [2.24, 2.45) is 28.1 Å². The van der Waals surface area contributed by atoms with Crippen molar-refractivity contribution >= 4 is 11.9 Å². The zero-order valence-electron chi connectivity index (χ0n) is 21.2. The summed E-state index contributed by atoms with van der Waals surface area (Å²) >= 11 is 0. The summed E-state index contributed by atoms with van der Waals surface area (Å²) in [6, 6.07) is 0. The van der Waals surface area contributed by atoms with Crippen LogP contribution in [0.4, 0.5) is 0 Å². The maximum Gasteiger partial charge on any atom is 0.331 e. The summed E-state index contributed by atoms with van der Waals surface area (Å²) < 4.78 is 11.3. The average molecular weight is 471 g/mol. The van der Waals surface area contributed by atoms with E-state index < -0.39 is 11.0 Å². The molecular formula is C29H42O5. The van der Waals surface area contributed by atoms with Gasteiger partial charge in [0.15, 0.2) is 0 Å². The molecule has 1 heterocycles. The Labute approximate surface area is 204 Å². The van der Waals surface area contributed by atoms with E-state index in [1.807, 2.05) is 0 Å². The number of carbonyl (C=O) groups is 2. The van der Waals surface area contributed by atoms with Gasteiger partial charge in [0.1, 0.15) is 12.7 Å². The Bertz CT molecular complexity index is 900. The van der Waals surface area contributed by atoms with Gasteiger partial charge in [-0.2, -0.15) is 0 Å². The fourth-order valence-electron chi connectivity index (χ4n) is 9.36. The van der Waals surface area contributed by atoms with Crippen LogP contribution in [0, 0.1) is 28.1 Å². The Kier molecular flexibility index (Phi) is 6.02. The number of aliphatic hydroxyl groups is 1. The number of hydrogen-bond acceptors (Lipinski definition) is 5. The van der Waals surface area contributed by atoms with Crippen LogP contribution in [0.1, 0.15) is 97.8 Å². The first-order chi connectivity index (χ1) is 16.1. The molecule has 5 nitrogen and oxygen atoms in total. The normalized spacial score (nSPS) is 44.2. The minimum atomic E-state index is -0.918. The van der Waals surface area contributed by atoms with E-state index in [-0.39, 0.29) is 34.8 Å². The quantitative estimate of drug-likeness (QED) is 0.415. The van der Waals surface area contributed by atoms with Gasteiger partial charge in [0.2, 0.25) is 0 Å². The van der Waals surface area contributed by atoms with Crippen molar-refractivity contribution in [2.75, 3.05) is 6.61 Å². The zero-order valence-corrected chi connectivity index (χ0v) is 21.2. The molecule has 1 spiro atoms. The number of fused-ring (bicyclic) bond motifs is 1. The molecule has 0 saturated heterocycles. The second kappa shape index (κ2) is 8.50. The standard InChI is InChI=1S/C29H42O5/c1-20(30)34-23-18-26(2)12-7-14-28(29(26,32)16-11-21-17-24(31)33-19-21)15-8-13-27(3,25(23)28)22-9-5-4-6-10-22/h7,12,17,22-23,25,32H,4-6,8-11,13-16,18-19H2,1-3H3.